The van der Waals surface area contributed by atoms with Crippen molar-refractivity contribution in [2.75, 3.05) is 27.3 Å². The summed E-state index contributed by atoms with van der Waals surface area (Å²) in [5, 5.41) is 8.48. The molecule has 4 heteroatoms. The van der Waals surface area contributed by atoms with E-state index in [0.717, 1.165) is 19.3 Å². The van der Waals surface area contributed by atoms with Gasteiger partial charge in [-0.1, -0.05) is 0 Å². The molecule has 1 amide bonds. The molecule has 0 fully saturated rings. The van der Waals surface area contributed by atoms with E-state index in [-0.39, 0.29) is 12.7 Å². The van der Waals surface area contributed by atoms with Crippen molar-refractivity contribution < 1.29 is 14.6 Å². The average Bonchev–Trinajstić information content (AvgIpc) is 2.10. The summed E-state index contributed by atoms with van der Waals surface area (Å²) in [4.78, 5) is 12.4. The number of rotatable bonds is 5. The second kappa shape index (κ2) is 6.91. The zero-order valence-corrected chi connectivity index (χ0v) is 7.75. The third kappa shape index (κ3) is 4.96. The number of hydrogen-bond donors (Lipinski definition) is 1. The van der Waals surface area contributed by atoms with Crippen LogP contribution in [-0.2, 0) is 4.74 Å². The molecule has 0 saturated carbocycles. The number of carbonyl (C=O) groups is 1. The topological polar surface area (TPSA) is 49.8 Å². The number of aliphatic hydroxyl groups is 1. The van der Waals surface area contributed by atoms with Crippen LogP contribution in [0.3, 0.4) is 0 Å². The quantitative estimate of drug-likeness (QED) is 0.630. The maximum absolute atomic E-state index is 10.8. The van der Waals surface area contributed by atoms with Gasteiger partial charge in [0, 0.05) is 20.2 Å². The van der Waals surface area contributed by atoms with E-state index >= 15 is 0 Å². The molecule has 0 aliphatic rings. The number of aliphatic hydroxyl groups excluding tert-OH is 1. The van der Waals surface area contributed by atoms with E-state index in [1.54, 1.807) is 7.05 Å². The monoisotopic (exact) mass is 175 g/mol. The lowest BCUT2D eigenvalue weighted by atomic mass is 10.2. The van der Waals surface area contributed by atoms with Gasteiger partial charge in [0.2, 0.25) is 0 Å². The highest BCUT2D eigenvalue weighted by Crippen LogP contribution is 1.97. The molecule has 0 rings (SSSR count). The zero-order valence-electron chi connectivity index (χ0n) is 7.75. The molecule has 0 aliphatic carbocycles. The summed E-state index contributed by atoms with van der Waals surface area (Å²) in [6, 6.07) is 0. The largest absolute Gasteiger partial charge is 0.453 e. The van der Waals surface area contributed by atoms with Crippen molar-refractivity contribution in [1.82, 2.24) is 4.90 Å². The van der Waals surface area contributed by atoms with E-state index in [9.17, 15) is 4.79 Å². The summed E-state index contributed by atoms with van der Waals surface area (Å²) in [6.45, 7) is 0.911. The van der Waals surface area contributed by atoms with E-state index in [4.69, 9.17) is 5.11 Å². The molecule has 0 radical (unpaired) electrons. The van der Waals surface area contributed by atoms with Gasteiger partial charge >= 0.3 is 6.09 Å². The minimum atomic E-state index is -0.306. The molecule has 0 aromatic rings. The van der Waals surface area contributed by atoms with Gasteiger partial charge in [0.15, 0.2) is 0 Å². The number of nitrogens with zero attached hydrogens (tertiary/aromatic N) is 1. The average molecular weight is 175 g/mol. The highest BCUT2D eigenvalue weighted by Gasteiger charge is 2.05. The third-order valence-corrected chi connectivity index (χ3v) is 1.64. The van der Waals surface area contributed by atoms with E-state index in [2.05, 4.69) is 4.74 Å². The number of methoxy groups -OCH3 is 1. The van der Waals surface area contributed by atoms with Gasteiger partial charge in [-0.2, -0.15) is 0 Å². The van der Waals surface area contributed by atoms with Crippen LogP contribution in [0.2, 0.25) is 0 Å². The molecule has 0 aromatic carbocycles. The van der Waals surface area contributed by atoms with Crippen LogP contribution in [0.1, 0.15) is 19.3 Å². The lowest BCUT2D eigenvalue weighted by molar-refractivity contribution is 0.132. The second-order valence-electron chi connectivity index (χ2n) is 2.68. The summed E-state index contributed by atoms with van der Waals surface area (Å²) in [7, 11) is 3.07. The minimum absolute atomic E-state index is 0.224. The lowest BCUT2D eigenvalue weighted by Crippen LogP contribution is -2.27. The molecule has 0 unspecified atom stereocenters. The van der Waals surface area contributed by atoms with Crippen molar-refractivity contribution in [3.8, 4) is 0 Å². The maximum Gasteiger partial charge on any atom is 0.409 e. The SMILES string of the molecule is COC(=O)N(C)CCCCCO. The molecule has 12 heavy (non-hydrogen) atoms. The lowest BCUT2D eigenvalue weighted by Gasteiger charge is -2.14. The number of ether oxygens (including phenoxy) is 1. The minimum Gasteiger partial charge on any atom is -0.453 e. The summed E-state index contributed by atoms with van der Waals surface area (Å²) < 4.78 is 4.51. The van der Waals surface area contributed by atoms with Gasteiger partial charge in [0.1, 0.15) is 0 Å². The molecule has 0 bridgehead atoms. The first-order valence-corrected chi connectivity index (χ1v) is 4.12. The zero-order chi connectivity index (χ0) is 9.40. The number of amides is 1. The van der Waals surface area contributed by atoms with Gasteiger partial charge in [-0.15, -0.1) is 0 Å². The molecule has 0 saturated heterocycles. The number of unbranched alkanes of at least 4 members (excludes halogenated alkanes) is 2. The standard InChI is InChI=1S/C8H17NO3/c1-9(8(11)12-2)6-4-3-5-7-10/h10H,3-7H2,1-2H3. The van der Waals surface area contributed by atoms with Crippen LogP contribution < -0.4 is 0 Å². The third-order valence-electron chi connectivity index (χ3n) is 1.64. The van der Waals surface area contributed by atoms with Crippen molar-refractivity contribution in [1.29, 1.82) is 0 Å². The summed E-state index contributed by atoms with van der Waals surface area (Å²) in [6.07, 6.45) is 2.35. The Morgan fingerprint density at radius 2 is 2.08 bits per heavy atom. The van der Waals surface area contributed by atoms with Crippen LogP contribution in [0.15, 0.2) is 0 Å². The number of hydrogen-bond acceptors (Lipinski definition) is 3. The molecule has 0 aromatic heterocycles. The fraction of sp³-hybridized carbons (Fsp3) is 0.875. The van der Waals surface area contributed by atoms with Crippen molar-refractivity contribution in [3.63, 3.8) is 0 Å². The van der Waals surface area contributed by atoms with Gasteiger partial charge in [0.25, 0.3) is 0 Å². The van der Waals surface area contributed by atoms with Crippen LogP contribution in [0.4, 0.5) is 4.79 Å². The van der Waals surface area contributed by atoms with Crippen molar-refractivity contribution in [2.24, 2.45) is 0 Å². The molecular formula is C8H17NO3. The normalized spacial score (nSPS) is 9.58. The number of carbonyl (C=O) groups excluding carboxylic acids is 1. The first-order valence-electron chi connectivity index (χ1n) is 4.12. The molecule has 1 N–H and O–H groups in total. The molecule has 0 aliphatic heterocycles. The first-order chi connectivity index (χ1) is 5.72. The fourth-order valence-corrected chi connectivity index (χ4v) is 0.885. The Hall–Kier alpha value is -0.770. The van der Waals surface area contributed by atoms with Gasteiger partial charge in [-0.25, -0.2) is 4.79 Å². The fourth-order valence-electron chi connectivity index (χ4n) is 0.885. The van der Waals surface area contributed by atoms with Crippen molar-refractivity contribution in [2.45, 2.75) is 19.3 Å². The Labute approximate surface area is 73.1 Å². The smallest absolute Gasteiger partial charge is 0.409 e. The van der Waals surface area contributed by atoms with Crippen LogP contribution in [0.25, 0.3) is 0 Å². The van der Waals surface area contributed by atoms with Crippen molar-refractivity contribution >= 4 is 6.09 Å². The van der Waals surface area contributed by atoms with Crippen molar-refractivity contribution in [3.05, 3.63) is 0 Å². The van der Waals surface area contributed by atoms with Crippen LogP contribution in [0.5, 0.6) is 0 Å². The molecular weight excluding hydrogens is 158 g/mol. The Morgan fingerprint density at radius 1 is 1.42 bits per heavy atom. The molecule has 0 atom stereocenters. The maximum atomic E-state index is 10.8. The first kappa shape index (κ1) is 11.2. The Bertz CT molecular complexity index is 127. The Balaban J connectivity index is 3.31. The molecule has 0 spiro atoms. The van der Waals surface area contributed by atoms with Gasteiger partial charge in [0.05, 0.1) is 7.11 Å². The highest BCUT2D eigenvalue weighted by atomic mass is 16.5. The Morgan fingerprint density at radius 3 is 2.58 bits per heavy atom. The second-order valence-corrected chi connectivity index (χ2v) is 2.68. The summed E-state index contributed by atoms with van der Waals surface area (Å²) in [5.41, 5.74) is 0. The van der Waals surface area contributed by atoms with Gasteiger partial charge < -0.3 is 14.7 Å². The van der Waals surface area contributed by atoms with Gasteiger partial charge in [-0.3, -0.25) is 0 Å². The van der Waals surface area contributed by atoms with E-state index in [1.807, 2.05) is 0 Å². The summed E-state index contributed by atoms with van der Waals surface area (Å²) in [5.74, 6) is 0. The van der Waals surface area contributed by atoms with Gasteiger partial charge in [-0.05, 0) is 19.3 Å². The Kier molecular flexibility index (Phi) is 6.47. The van der Waals surface area contributed by atoms with E-state index < -0.39 is 0 Å². The molecule has 4 nitrogen and oxygen atoms in total. The molecule has 72 valence electrons. The highest BCUT2D eigenvalue weighted by molar-refractivity contribution is 5.66. The van der Waals surface area contributed by atoms with Crippen LogP contribution >= 0.6 is 0 Å². The van der Waals surface area contributed by atoms with E-state index in [0.29, 0.717) is 6.54 Å². The van der Waals surface area contributed by atoms with E-state index in [1.165, 1.54) is 12.0 Å². The predicted molar refractivity (Wildman–Crippen MR) is 46.0 cm³/mol. The molecule has 0 heterocycles. The van der Waals surface area contributed by atoms with Crippen LogP contribution in [0, 0.1) is 0 Å². The summed E-state index contributed by atoms with van der Waals surface area (Å²) >= 11 is 0. The predicted octanol–water partition coefficient (Wildman–Crippen LogP) is 0.847. The van der Waals surface area contributed by atoms with Crippen LogP contribution in [-0.4, -0.2) is 43.4 Å².